The zero-order chi connectivity index (χ0) is 17.5. The number of nitrogens with two attached hydrogens (primary N) is 1. The molecular weight excluding hydrogens is 340 g/mol. The van der Waals surface area contributed by atoms with Gasteiger partial charge in [0.1, 0.15) is 6.04 Å². The average Bonchev–Trinajstić information content (AvgIpc) is 2.50. The molecule has 2 amide bonds. The fourth-order valence-electron chi connectivity index (χ4n) is 1.93. The van der Waals surface area contributed by atoms with Gasteiger partial charge in [0.25, 0.3) is 5.92 Å². The number of carbonyl (C=O) groups excluding carboxylic acids is 2. The summed E-state index contributed by atoms with van der Waals surface area (Å²) in [5.41, 5.74) is 5.47. The molecule has 1 rings (SSSR count). The first-order valence-corrected chi connectivity index (χ1v) is 7.45. The van der Waals surface area contributed by atoms with E-state index >= 15 is 0 Å². The summed E-state index contributed by atoms with van der Waals surface area (Å²) >= 11 is 0. The largest absolute Gasteiger partial charge is 0.348 e. The van der Waals surface area contributed by atoms with Crippen LogP contribution in [0.4, 0.5) is 8.78 Å². The molecule has 0 aliphatic heterocycles. The number of hydrogen-bond donors (Lipinski definition) is 3. The second-order valence-electron chi connectivity index (χ2n) is 5.79. The van der Waals surface area contributed by atoms with E-state index in [0.29, 0.717) is 5.56 Å². The number of alkyl halides is 2. The fourth-order valence-corrected chi connectivity index (χ4v) is 1.93. The van der Waals surface area contributed by atoms with Crippen molar-refractivity contribution in [3.63, 3.8) is 0 Å². The van der Waals surface area contributed by atoms with Crippen molar-refractivity contribution >= 4 is 24.2 Å². The summed E-state index contributed by atoms with van der Waals surface area (Å²) in [6.45, 7) is 2.02. The molecule has 0 heterocycles. The lowest BCUT2D eigenvalue weighted by Gasteiger charge is -2.21. The fraction of sp³-hybridized carbons (Fsp3) is 0.500. The lowest BCUT2D eigenvalue weighted by atomic mass is 10.0. The third kappa shape index (κ3) is 7.70. The monoisotopic (exact) mass is 363 g/mol. The molecular formula is C16H24ClF2N3O2. The SMILES string of the molecule is CC(C)CC(=O)NC(C(=O)NCC(F)(F)CN)c1ccccc1.Cl. The first kappa shape index (κ1) is 22.3. The van der Waals surface area contributed by atoms with Gasteiger partial charge in [-0.15, -0.1) is 12.4 Å². The molecule has 0 spiro atoms. The molecule has 1 aromatic rings. The number of halogens is 3. The Bertz CT molecular complexity index is 527. The maximum absolute atomic E-state index is 13.2. The summed E-state index contributed by atoms with van der Waals surface area (Å²) in [6, 6.07) is 7.46. The van der Waals surface area contributed by atoms with Gasteiger partial charge in [-0.3, -0.25) is 9.59 Å². The Labute approximate surface area is 146 Å². The minimum atomic E-state index is -3.18. The van der Waals surface area contributed by atoms with E-state index in [9.17, 15) is 18.4 Å². The maximum atomic E-state index is 13.2. The highest BCUT2D eigenvalue weighted by atomic mass is 35.5. The van der Waals surface area contributed by atoms with Gasteiger partial charge in [-0.1, -0.05) is 44.2 Å². The van der Waals surface area contributed by atoms with Gasteiger partial charge in [0, 0.05) is 6.42 Å². The first-order chi connectivity index (χ1) is 10.7. The molecule has 5 nitrogen and oxygen atoms in total. The minimum absolute atomic E-state index is 0. The summed E-state index contributed by atoms with van der Waals surface area (Å²) in [4.78, 5) is 24.2. The average molecular weight is 364 g/mol. The number of benzene rings is 1. The van der Waals surface area contributed by atoms with Gasteiger partial charge in [0.15, 0.2) is 0 Å². The molecule has 136 valence electrons. The Balaban J connectivity index is 0.00000529. The molecule has 0 fully saturated rings. The van der Waals surface area contributed by atoms with Crippen molar-refractivity contribution in [2.75, 3.05) is 13.1 Å². The zero-order valence-corrected chi connectivity index (χ0v) is 14.5. The molecule has 8 heteroatoms. The summed E-state index contributed by atoms with van der Waals surface area (Å²) < 4.78 is 26.4. The highest BCUT2D eigenvalue weighted by Gasteiger charge is 2.30. The van der Waals surface area contributed by atoms with E-state index < -0.39 is 31.0 Å². The molecule has 0 aromatic heterocycles. The highest BCUT2D eigenvalue weighted by molar-refractivity contribution is 5.88. The van der Waals surface area contributed by atoms with E-state index in [4.69, 9.17) is 5.73 Å². The molecule has 0 aliphatic rings. The third-order valence-electron chi connectivity index (χ3n) is 3.11. The Hall–Kier alpha value is -1.73. The summed E-state index contributed by atoms with van der Waals surface area (Å²) in [7, 11) is 0. The molecule has 4 N–H and O–H groups in total. The normalized spacial score (nSPS) is 12.2. The number of amides is 2. The van der Waals surface area contributed by atoms with E-state index in [1.165, 1.54) is 0 Å². The number of carbonyl (C=O) groups is 2. The Morgan fingerprint density at radius 1 is 1.21 bits per heavy atom. The van der Waals surface area contributed by atoms with Gasteiger partial charge in [-0.25, -0.2) is 8.78 Å². The van der Waals surface area contributed by atoms with Gasteiger partial charge in [-0.2, -0.15) is 0 Å². The van der Waals surface area contributed by atoms with Crippen molar-refractivity contribution in [2.24, 2.45) is 11.7 Å². The van der Waals surface area contributed by atoms with E-state index in [1.807, 2.05) is 13.8 Å². The van der Waals surface area contributed by atoms with Crippen LogP contribution < -0.4 is 16.4 Å². The summed E-state index contributed by atoms with van der Waals surface area (Å²) in [5, 5.41) is 4.74. The van der Waals surface area contributed by atoms with E-state index in [1.54, 1.807) is 30.3 Å². The first-order valence-electron chi connectivity index (χ1n) is 7.45. The molecule has 0 aliphatic carbocycles. The minimum Gasteiger partial charge on any atom is -0.348 e. The topological polar surface area (TPSA) is 84.2 Å². The highest BCUT2D eigenvalue weighted by Crippen LogP contribution is 2.15. The summed E-state index contributed by atoms with van der Waals surface area (Å²) in [6.07, 6.45) is 0.246. The smallest absolute Gasteiger partial charge is 0.277 e. The second-order valence-corrected chi connectivity index (χ2v) is 5.79. The maximum Gasteiger partial charge on any atom is 0.277 e. The van der Waals surface area contributed by atoms with Crippen LogP contribution in [0.25, 0.3) is 0 Å². The van der Waals surface area contributed by atoms with Crippen molar-refractivity contribution < 1.29 is 18.4 Å². The predicted molar refractivity (Wildman–Crippen MR) is 91.0 cm³/mol. The van der Waals surface area contributed by atoms with Crippen molar-refractivity contribution in [2.45, 2.75) is 32.2 Å². The quantitative estimate of drug-likeness (QED) is 0.660. The molecule has 0 bridgehead atoms. The van der Waals surface area contributed by atoms with Crippen LogP contribution in [0.1, 0.15) is 31.9 Å². The van der Waals surface area contributed by atoms with Crippen molar-refractivity contribution in [1.82, 2.24) is 10.6 Å². The Morgan fingerprint density at radius 3 is 2.29 bits per heavy atom. The van der Waals surface area contributed by atoms with Crippen molar-refractivity contribution in [1.29, 1.82) is 0 Å². The molecule has 0 saturated carbocycles. The number of rotatable bonds is 8. The van der Waals surface area contributed by atoms with Crippen LogP contribution in [0.3, 0.4) is 0 Å². The third-order valence-corrected chi connectivity index (χ3v) is 3.11. The van der Waals surface area contributed by atoms with Crippen molar-refractivity contribution in [3.8, 4) is 0 Å². The van der Waals surface area contributed by atoms with E-state index in [0.717, 1.165) is 0 Å². The van der Waals surface area contributed by atoms with E-state index in [-0.39, 0.29) is 30.7 Å². The van der Waals surface area contributed by atoms with Crippen LogP contribution in [-0.4, -0.2) is 30.8 Å². The summed E-state index contributed by atoms with van der Waals surface area (Å²) in [5.74, 6) is -4.06. The molecule has 0 saturated heterocycles. The van der Waals surface area contributed by atoms with E-state index in [2.05, 4.69) is 10.6 Å². The van der Waals surface area contributed by atoms with Gasteiger partial charge < -0.3 is 16.4 Å². The second kappa shape index (κ2) is 10.2. The number of nitrogens with one attached hydrogen (secondary N) is 2. The Morgan fingerprint density at radius 2 is 1.79 bits per heavy atom. The van der Waals surface area contributed by atoms with Crippen molar-refractivity contribution in [3.05, 3.63) is 35.9 Å². The molecule has 1 atom stereocenters. The number of hydrogen-bond acceptors (Lipinski definition) is 3. The lowest BCUT2D eigenvalue weighted by Crippen LogP contribution is -2.46. The molecule has 24 heavy (non-hydrogen) atoms. The van der Waals surface area contributed by atoms with Crippen LogP contribution in [0.5, 0.6) is 0 Å². The molecule has 1 unspecified atom stereocenters. The molecule has 0 radical (unpaired) electrons. The Kier molecular flexibility index (Phi) is 9.47. The van der Waals surface area contributed by atoms with Gasteiger partial charge in [-0.05, 0) is 11.5 Å². The van der Waals surface area contributed by atoms with Gasteiger partial charge >= 0.3 is 0 Å². The van der Waals surface area contributed by atoms with Gasteiger partial charge in [0.2, 0.25) is 11.8 Å². The van der Waals surface area contributed by atoms with Crippen LogP contribution in [-0.2, 0) is 9.59 Å². The van der Waals surface area contributed by atoms with Crippen LogP contribution in [0, 0.1) is 5.92 Å². The van der Waals surface area contributed by atoms with Crippen LogP contribution in [0.15, 0.2) is 30.3 Å². The molecule has 1 aromatic carbocycles. The van der Waals surface area contributed by atoms with Gasteiger partial charge in [0.05, 0.1) is 13.1 Å². The lowest BCUT2D eigenvalue weighted by molar-refractivity contribution is -0.130. The predicted octanol–water partition coefficient (Wildman–Crippen LogP) is 2.02. The zero-order valence-electron chi connectivity index (χ0n) is 13.7. The standard InChI is InChI=1S/C16H23F2N3O2.ClH/c1-11(2)8-13(22)21-14(12-6-4-3-5-7-12)15(23)20-10-16(17,18)9-19;/h3-7,11,14H,8-10,19H2,1-2H3,(H,20,23)(H,21,22);1H. The van der Waals surface area contributed by atoms with Crippen LogP contribution >= 0.6 is 12.4 Å². The van der Waals surface area contributed by atoms with Crippen LogP contribution in [0.2, 0.25) is 0 Å².